The second-order valence-corrected chi connectivity index (χ2v) is 1.70. The Labute approximate surface area is 53.4 Å². The summed E-state index contributed by atoms with van der Waals surface area (Å²) in [6.07, 6.45) is 3.38. The third-order valence-electron chi connectivity index (χ3n) is 0.844. The van der Waals surface area contributed by atoms with E-state index in [1.54, 1.807) is 12.4 Å². The second-order valence-electron chi connectivity index (χ2n) is 1.70. The molecular weight excluding hydrogens is 116 g/mol. The quantitative estimate of drug-likeness (QED) is 0.512. The molecule has 0 unspecified atom stereocenters. The summed E-state index contributed by atoms with van der Waals surface area (Å²) in [7, 11) is 0. The molecule has 1 aliphatic rings. The number of hydrazone groups is 1. The summed E-state index contributed by atoms with van der Waals surface area (Å²) in [5.74, 6) is 0. The fourth-order valence-electron chi connectivity index (χ4n) is 0.426. The number of hydrogen-bond donors (Lipinski definition) is 1. The van der Waals surface area contributed by atoms with Crippen molar-refractivity contribution in [3.8, 4) is 0 Å². The highest BCUT2D eigenvalue weighted by atomic mass is 15.3. The molecule has 0 aromatic rings. The molecule has 0 saturated heterocycles. The minimum atomic E-state index is 0.459. The van der Waals surface area contributed by atoms with Crippen LogP contribution in [0.2, 0.25) is 0 Å². The van der Waals surface area contributed by atoms with Gasteiger partial charge in [-0.3, -0.25) is 5.43 Å². The molecule has 0 spiro atoms. The third-order valence-corrected chi connectivity index (χ3v) is 0.844. The lowest BCUT2D eigenvalue weighted by Gasteiger charge is -1.94. The first-order chi connectivity index (χ1) is 4.39. The Morgan fingerprint density at radius 1 is 1.67 bits per heavy atom. The van der Waals surface area contributed by atoms with Gasteiger partial charge in [0.15, 0.2) is 0 Å². The van der Waals surface area contributed by atoms with Crippen molar-refractivity contribution in [1.82, 2.24) is 5.43 Å². The smallest absolute Gasteiger partial charge is 0.144 e. The van der Waals surface area contributed by atoms with Crippen LogP contribution in [0.4, 0.5) is 0 Å². The zero-order valence-corrected chi connectivity index (χ0v) is 5.20. The van der Waals surface area contributed by atoms with Crippen molar-refractivity contribution in [2.24, 2.45) is 15.3 Å². The lowest BCUT2D eigenvalue weighted by molar-refractivity contribution is 0.732. The van der Waals surface area contributed by atoms with Crippen molar-refractivity contribution < 1.29 is 0 Å². The summed E-state index contributed by atoms with van der Waals surface area (Å²) in [5, 5.41) is 11.2. The van der Waals surface area contributed by atoms with Crippen LogP contribution in [0.3, 0.4) is 0 Å². The van der Waals surface area contributed by atoms with Crippen molar-refractivity contribution in [2.75, 3.05) is 6.67 Å². The van der Waals surface area contributed by atoms with Gasteiger partial charge in [0.05, 0.1) is 12.4 Å². The van der Waals surface area contributed by atoms with Crippen LogP contribution in [0.25, 0.3) is 0 Å². The topological polar surface area (TPSA) is 49.1 Å². The molecule has 0 radical (unpaired) electrons. The van der Waals surface area contributed by atoms with E-state index >= 15 is 0 Å². The van der Waals surface area contributed by atoms with Gasteiger partial charge < -0.3 is 0 Å². The van der Waals surface area contributed by atoms with Crippen LogP contribution in [0.15, 0.2) is 27.1 Å². The molecule has 0 bridgehead atoms. The second kappa shape index (κ2) is 2.96. The minimum absolute atomic E-state index is 0.459. The predicted octanol–water partition coefficient (Wildman–Crippen LogP) is 0.889. The molecule has 0 aromatic carbocycles. The number of rotatable bonds is 0. The summed E-state index contributed by atoms with van der Waals surface area (Å²) in [5.41, 5.74) is 3.68. The lowest BCUT2D eigenvalue weighted by Crippen LogP contribution is -2.05. The van der Waals surface area contributed by atoms with E-state index in [9.17, 15) is 0 Å². The molecular formula is C5H8N4. The van der Waals surface area contributed by atoms with Gasteiger partial charge in [0.1, 0.15) is 6.67 Å². The minimum Gasteiger partial charge on any atom is -0.287 e. The standard InChI is InChI=1S/C5H8N4/c1-5-2-6-8-4-9-7-3-5/h2-3,8H,4H2,1H3. The molecule has 1 N–H and O–H groups in total. The molecule has 4 heteroatoms. The van der Waals surface area contributed by atoms with Gasteiger partial charge in [-0.1, -0.05) is 0 Å². The average Bonchev–Trinajstić information content (AvgIpc) is 1.79. The summed E-state index contributed by atoms with van der Waals surface area (Å²) in [4.78, 5) is 0. The van der Waals surface area contributed by atoms with Crippen molar-refractivity contribution in [3.63, 3.8) is 0 Å². The first-order valence-corrected chi connectivity index (χ1v) is 2.69. The van der Waals surface area contributed by atoms with Gasteiger partial charge in [-0.2, -0.15) is 15.3 Å². The van der Waals surface area contributed by atoms with Gasteiger partial charge in [0, 0.05) is 0 Å². The Morgan fingerprint density at radius 3 is 3.44 bits per heavy atom. The van der Waals surface area contributed by atoms with Crippen LogP contribution < -0.4 is 5.43 Å². The maximum Gasteiger partial charge on any atom is 0.144 e. The molecule has 1 rings (SSSR count). The predicted molar refractivity (Wildman–Crippen MR) is 35.1 cm³/mol. The first kappa shape index (κ1) is 5.94. The highest BCUT2D eigenvalue weighted by molar-refractivity contribution is 5.77. The van der Waals surface area contributed by atoms with Gasteiger partial charge in [0.2, 0.25) is 0 Å². The summed E-state index contributed by atoms with van der Waals surface area (Å²) in [6.45, 7) is 2.37. The van der Waals surface area contributed by atoms with Gasteiger partial charge in [-0.15, -0.1) is 0 Å². The molecule has 0 aliphatic carbocycles. The van der Waals surface area contributed by atoms with Gasteiger partial charge >= 0.3 is 0 Å². The molecule has 0 amide bonds. The van der Waals surface area contributed by atoms with Crippen molar-refractivity contribution in [3.05, 3.63) is 11.8 Å². The molecule has 0 saturated carbocycles. The molecule has 0 atom stereocenters. The number of hydrogen-bond acceptors (Lipinski definition) is 4. The molecule has 48 valence electrons. The van der Waals surface area contributed by atoms with E-state index in [-0.39, 0.29) is 0 Å². The molecule has 0 aromatic heterocycles. The maximum atomic E-state index is 3.81. The van der Waals surface area contributed by atoms with Gasteiger partial charge in [-0.25, -0.2) is 0 Å². The van der Waals surface area contributed by atoms with Gasteiger partial charge in [0.25, 0.3) is 0 Å². The Morgan fingerprint density at radius 2 is 2.56 bits per heavy atom. The Hall–Kier alpha value is -1.19. The fourth-order valence-corrected chi connectivity index (χ4v) is 0.426. The van der Waals surface area contributed by atoms with Crippen LogP contribution in [-0.2, 0) is 0 Å². The number of azo groups is 1. The van der Waals surface area contributed by atoms with E-state index in [0.29, 0.717) is 6.67 Å². The first-order valence-electron chi connectivity index (χ1n) is 2.69. The number of nitrogens with one attached hydrogen (secondary N) is 1. The van der Waals surface area contributed by atoms with Crippen molar-refractivity contribution >= 4 is 6.21 Å². The number of allylic oxidation sites excluding steroid dienone is 1. The van der Waals surface area contributed by atoms with Crippen molar-refractivity contribution in [2.45, 2.75) is 6.92 Å². The van der Waals surface area contributed by atoms with Crippen LogP contribution in [0.1, 0.15) is 6.92 Å². The SMILES string of the molecule is CC1=CN=NCNN=C1. The highest BCUT2D eigenvalue weighted by Crippen LogP contribution is 1.90. The summed E-state index contributed by atoms with van der Waals surface area (Å²) >= 11 is 0. The zero-order valence-electron chi connectivity index (χ0n) is 5.20. The molecule has 4 nitrogen and oxygen atoms in total. The Balaban J connectivity index is 2.66. The van der Waals surface area contributed by atoms with E-state index in [0.717, 1.165) is 5.57 Å². The summed E-state index contributed by atoms with van der Waals surface area (Å²) < 4.78 is 0. The lowest BCUT2D eigenvalue weighted by atomic mass is 10.4. The van der Waals surface area contributed by atoms with E-state index < -0.39 is 0 Å². The van der Waals surface area contributed by atoms with Crippen molar-refractivity contribution in [1.29, 1.82) is 0 Å². The highest BCUT2D eigenvalue weighted by Gasteiger charge is 1.83. The van der Waals surface area contributed by atoms with E-state index in [4.69, 9.17) is 0 Å². The van der Waals surface area contributed by atoms with Gasteiger partial charge in [-0.05, 0) is 12.5 Å². The van der Waals surface area contributed by atoms with Crippen LogP contribution in [0, 0.1) is 0 Å². The number of nitrogens with zero attached hydrogens (tertiary/aromatic N) is 3. The molecule has 9 heavy (non-hydrogen) atoms. The van der Waals surface area contributed by atoms with E-state index in [1.807, 2.05) is 6.92 Å². The fraction of sp³-hybridized carbons (Fsp3) is 0.400. The molecule has 1 aliphatic heterocycles. The average molecular weight is 124 g/mol. The molecule has 0 fully saturated rings. The zero-order chi connectivity index (χ0) is 6.53. The van der Waals surface area contributed by atoms with Crippen LogP contribution >= 0.6 is 0 Å². The Kier molecular flexibility index (Phi) is 1.95. The maximum absolute atomic E-state index is 3.81. The van der Waals surface area contributed by atoms with Crippen LogP contribution in [0.5, 0.6) is 0 Å². The third kappa shape index (κ3) is 2.03. The monoisotopic (exact) mass is 124 g/mol. The Bertz CT molecular complexity index is 168. The summed E-state index contributed by atoms with van der Waals surface area (Å²) in [6, 6.07) is 0. The van der Waals surface area contributed by atoms with E-state index in [2.05, 4.69) is 20.8 Å². The largest absolute Gasteiger partial charge is 0.287 e. The van der Waals surface area contributed by atoms with E-state index in [1.165, 1.54) is 0 Å². The molecule has 1 heterocycles. The normalized spacial score (nSPS) is 17.7. The van der Waals surface area contributed by atoms with Crippen LogP contribution in [-0.4, -0.2) is 12.9 Å².